The van der Waals surface area contributed by atoms with E-state index in [2.05, 4.69) is 15.3 Å². The molecule has 6 heteroatoms. The molecule has 0 fully saturated rings. The molecule has 0 saturated heterocycles. The van der Waals surface area contributed by atoms with Crippen molar-refractivity contribution in [3.8, 4) is 0 Å². The van der Waals surface area contributed by atoms with E-state index in [0.717, 1.165) is 25.7 Å². The molecule has 4 N–H and O–H groups in total. The standard InChI is InChI=1S/C8H18O4S.H3N/c1-3-5-6-7-8-12-13(9,10)11-4-2;/h3-8H2,1-2H3;1H3/p+1. The Morgan fingerprint density at radius 1 is 1.00 bits per heavy atom. The van der Waals surface area contributed by atoms with Gasteiger partial charge in [0.15, 0.2) is 0 Å². The number of hydrogen-bond acceptors (Lipinski definition) is 4. The lowest BCUT2D eigenvalue weighted by Crippen LogP contribution is -2.10. The summed E-state index contributed by atoms with van der Waals surface area (Å²) in [5.41, 5.74) is 0. The van der Waals surface area contributed by atoms with Crippen molar-refractivity contribution in [1.29, 1.82) is 0 Å². The zero-order chi connectivity index (χ0) is 10.2. The Hall–Kier alpha value is -0.170. The summed E-state index contributed by atoms with van der Waals surface area (Å²) in [7, 11) is -3.72. The lowest BCUT2D eigenvalue weighted by molar-refractivity contribution is 0.218. The molecule has 0 radical (unpaired) electrons. The highest BCUT2D eigenvalue weighted by molar-refractivity contribution is 7.81. The van der Waals surface area contributed by atoms with Crippen LogP contribution in [0.5, 0.6) is 0 Å². The number of unbranched alkanes of at least 4 members (excludes halogenated alkanes) is 3. The van der Waals surface area contributed by atoms with Crippen molar-refractivity contribution in [3.63, 3.8) is 0 Å². The molecule has 0 aliphatic rings. The summed E-state index contributed by atoms with van der Waals surface area (Å²) in [5.74, 6) is 0. The van der Waals surface area contributed by atoms with Gasteiger partial charge in [-0.15, -0.1) is 0 Å². The number of hydrogen-bond donors (Lipinski definition) is 1. The Balaban J connectivity index is 0. The van der Waals surface area contributed by atoms with Crippen LogP contribution in [0.25, 0.3) is 0 Å². The predicted molar refractivity (Wildman–Crippen MR) is 56.6 cm³/mol. The largest absolute Gasteiger partial charge is 0.399 e. The third-order valence-electron chi connectivity index (χ3n) is 1.49. The fraction of sp³-hybridized carbons (Fsp3) is 1.00. The van der Waals surface area contributed by atoms with Gasteiger partial charge in [-0.05, 0) is 13.3 Å². The van der Waals surface area contributed by atoms with E-state index in [9.17, 15) is 8.42 Å². The van der Waals surface area contributed by atoms with Crippen molar-refractivity contribution in [2.24, 2.45) is 0 Å². The fourth-order valence-electron chi connectivity index (χ4n) is 0.868. The molecule has 0 aliphatic carbocycles. The molecule has 0 saturated carbocycles. The molecule has 0 aliphatic heterocycles. The Kier molecular flexibility index (Phi) is 10.9. The predicted octanol–water partition coefficient (Wildman–Crippen LogP) is 2.24. The number of quaternary nitrogens is 1. The van der Waals surface area contributed by atoms with Gasteiger partial charge < -0.3 is 6.15 Å². The molecule has 88 valence electrons. The minimum Gasteiger partial charge on any atom is -0.369 e. The van der Waals surface area contributed by atoms with E-state index in [1.165, 1.54) is 0 Å². The minimum atomic E-state index is -3.72. The van der Waals surface area contributed by atoms with Crippen LogP contribution in [0.2, 0.25) is 0 Å². The Bertz CT molecular complexity index is 203. The van der Waals surface area contributed by atoms with Crippen molar-refractivity contribution in [3.05, 3.63) is 0 Å². The fourth-order valence-corrected chi connectivity index (χ4v) is 1.55. The van der Waals surface area contributed by atoms with Gasteiger partial charge in [-0.3, -0.25) is 0 Å². The maximum Gasteiger partial charge on any atom is 0.399 e. The lowest BCUT2D eigenvalue weighted by atomic mass is 10.2. The SMILES string of the molecule is CCCCCCOS(=O)(=O)OCC.[NH4+]. The smallest absolute Gasteiger partial charge is 0.369 e. The first-order valence-electron chi connectivity index (χ1n) is 4.66. The minimum absolute atomic E-state index is 0. The third kappa shape index (κ3) is 9.91. The average Bonchev–Trinajstić information content (AvgIpc) is 2.04. The van der Waals surface area contributed by atoms with Crippen molar-refractivity contribution >= 4 is 10.4 Å². The van der Waals surface area contributed by atoms with Crippen LogP contribution in [0.3, 0.4) is 0 Å². The van der Waals surface area contributed by atoms with Gasteiger partial charge >= 0.3 is 10.4 Å². The van der Waals surface area contributed by atoms with E-state index < -0.39 is 10.4 Å². The van der Waals surface area contributed by atoms with Gasteiger partial charge in [-0.1, -0.05) is 26.2 Å². The van der Waals surface area contributed by atoms with Gasteiger partial charge in [0, 0.05) is 0 Å². The molecule has 0 bridgehead atoms. The molecular weight excluding hydrogens is 206 g/mol. The van der Waals surface area contributed by atoms with Crippen LogP contribution in [0.15, 0.2) is 0 Å². The Morgan fingerprint density at radius 2 is 1.64 bits per heavy atom. The molecule has 0 atom stereocenters. The van der Waals surface area contributed by atoms with Crippen molar-refractivity contribution in [2.75, 3.05) is 13.2 Å². The van der Waals surface area contributed by atoms with Crippen molar-refractivity contribution in [2.45, 2.75) is 39.5 Å². The second-order valence-electron chi connectivity index (χ2n) is 2.70. The third-order valence-corrected chi connectivity index (χ3v) is 2.47. The monoisotopic (exact) mass is 228 g/mol. The van der Waals surface area contributed by atoms with Crippen LogP contribution in [-0.4, -0.2) is 21.6 Å². The van der Waals surface area contributed by atoms with Gasteiger partial charge in [0.05, 0.1) is 13.2 Å². The zero-order valence-corrected chi connectivity index (χ0v) is 10.1. The van der Waals surface area contributed by atoms with Gasteiger partial charge in [-0.2, -0.15) is 8.42 Å². The summed E-state index contributed by atoms with van der Waals surface area (Å²) in [6.45, 7) is 4.05. The van der Waals surface area contributed by atoms with Crippen LogP contribution in [0.1, 0.15) is 39.5 Å². The summed E-state index contributed by atoms with van der Waals surface area (Å²) in [6.07, 6.45) is 3.99. The van der Waals surface area contributed by atoms with Gasteiger partial charge in [-0.25, -0.2) is 8.37 Å². The van der Waals surface area contributed by atoms with Crippen LogP contribution in [0.4, 0.5) is 0 Å². The summed E-state index contributed by atoms with van der Waals surface area (Å²) >= 11 is 0. The van der Waals surface area contributed by atoms with Crippen LogP contribution >= 0.6 is 0 Å². The van der Waals surface area contributed by atoms with Gasteiger partial charge in [0.2, 0.25) is 0 Å². The van der Waals surface area contributed by atoms with Gasteiger partial charge in [0.1, 0.15) is 0 Å². The molecule has 0 spiro atoms. The molecule has 0 heterocycles. The summed E-state index contributed by atoms with van der Waals surface area (Å²) in [4.78, 5) is 0. The normalized spacial score (nSPS) is 11.0. The van der Waals surface area contributed by atoms with Crippen LogP contribution in [-0.2, 0) is 18.8 Å². The first-order valence-corrected chi connectivity index (χ1v) is 5.99. The molecule has 0 aromatic carbocycles. The maximum atomic E-state index is 10.8. The molecular formula is C8H22NO4S+. The molecule has 0 unspecified atom stereocenters. The highest BCUT2D eigenvalue weighted by Gasteiger charge is 2.08. The summed E-state index contributed by atoms with van der Waals surface area (Å²) < 4.78 is 30.6. The molecule has 0 rings (SSSR count). The van der Waals surface area contributed by atoms with Crippen molar-refractivity contribution < 1.29 is 16.8 Å². The molecule has 0 aromatic heterocycles. The average molecular weight is 228 g/mol. The topological polar surface area (TPSA) is 89.1 Å². The van der Waals surface area contributed by atoms with E-state index >= 15 is 0 Å². The second-order valence-corrected chi connectivity index (χ2v) is 3.99. The van der Waals surface area contributed by atoms with E-state index in [1.54, 1.807) is 6.92 Å². The zero-order valence-electron chi connectivity index (χ0n) is 9.28. The van der Waals surface area contributed by atoms with Gasteiger partial charge in [0.25, 0.3) is 0 Å². The summed E-state index contributed by atoms with van der Waals surface area (Å²) in [6, 6.07) is 0. The second kappa shape index (κ2) is 9.39. The molecule has 0 amide bonds. The quantitative estimate of drug-likeness (QED) is 0.645. The highest BCUT2D eigenvalue weighted by atomic mass is 32.3. The molecule has 14 heavy (non-hydrogen) atoms. The van der Waals surface area contributed by atoms with E-state index in [-0.39, 0.29) is 19.4 Å². The Morgan fingerprint density at radius 3 is 2.14 bits per heavy atom. The lowest BCUT2D eigenvalue weighted by Gasteiger charge is -2.03. The molecule has 5 nitrogen and oxygen atoms in total. The number of rotatable bonds is 8. The maximum absolute atomic E-state index is 10.8. The highest BCUT2D eigenvalue weighted by Crippen LogP contribution is 2.02. The summed E-state index contributed by atoms with van der Waals surface area (Å²) in [5, 5.41) is 0. The van der Waals surface area contributed by atoms with Crippen LogP contribution < -0.4 is 6.15 Å². The van der Waals surface area contributed by atoms with E-state index in [4.69, 9.17) is 0 Å². The van der Waals surface area contributed by atoms with E-state index in [0.29, 0.717) is 0 Å². The first kappa shape index (κ1) is 16.3. The van der Waals surface area contributed by atoms with E-state index in [1.807, 2.05) is 0 Å². The Labute approximate surface area is 86.7 Å². The van der Waals surface area contributed by atoms with Crippen molar-refractivity contribution in [1.82, 2.24) is 6.15 Å². The first-order chi connectivity index (χ1) is 6.12. The molecule has 0 aromatic rings. The van der Waals surface area contributed by atoms with Crippen LogP contribution in [0, 0.1) is 0 Å².